The Morgan fingerprint density at radius 1 is 1.27 bits per heavy atom. The fourth-order valence-corrected chi connectivity index (χ4v) is 3.87. The average molecular weight is 415 g/mol. The van der Waals surface area contributed by atoms with Gasteiger partial charge in [-0.15, -0.1) is 0 Å². The molecular formula is C21H26FN5O3. The van der Waals surface area contributed by atoms with E-state index in [1.165, 1.54) is 23.6 Å². The summed E-state index contributed by atoms with van der Waals surface area (Å²) in [5.41, 5.74) is 2.17. The normalized spacial score (nSPS) is 19.8. The predicted octanol–water partition coefficient (Wildman–Crippen LogP) is 1.94. The van der Waals surface area contributed by atoms with Gasteiger partial charge in [-0.3, -0.25) is 14.6 Å². The van der Waals surface area contributed by atoms with Gasteiger partial charge in [0.1, 0.15) is 11.9 Å². The molecule has 4 rings (SSSR count). The molecule has 2 aromatic rings. The van der Waals surface area contributed by atoms with Crippen LogP contribution in [0, 0.1) is 5.82 Å². The molecule has 1 atom stereocenters. The van der Waals surface area contributed by atoms with Crippen LogP contribution >= 0.6 is 0 Å². The van der Waals surface area contributed by atoms with Crippen LogP contribution in [0.2, 0.25) is 0 Å². The van der Waals surface area contributed by atoms with Gasteiger partial charge in [0.2, 0.25) is 5.91 Å². The molecule has 1 unspecified atom stereocenters. The largest absolute Gasteiger partial charge is 0.442 e. The minimum Gasteiger partial charge on any atom is -0.442 e. The van der Waals surface area contributed by atoms with Crippen LogP contribution in [0.1, 0.15) is 12.6 Å². The van der Waals surface area contributed by atoms with E-state index in [9.17, 15) is 14.0 Å². The van der Waals surface area contributed by atoms with Crippen LogP contribution in [0.25, 0.3) is 0 Å². The van der Waals surface area contributed by atoms with Crippen molar-refractivity contribution in [3.8, 4) is 0 Å². The minimum absolute atomic E-state index is 0.187. The Bertz CT molecular complexity index is 896. The van der Waals surface area contributed by atoms with E-state index in [1.54, 1.807) is 12.1 Å². The first kappa shape index (κ1) is 20.2. The molecule has 2 fully saturated rings. The highest BCUT2D eigenvalue weighted by Gasteiger charge is 2.33. The Labute approximate surface area is 174 Å². The Kier molecular flexibility index (Phi) is 5.89. The van der Waals surface area contributed by atoms with Crippen LogP contribution in [0.15, 0.2) is 36.5 Å². The van der Waals surface area contributed by atoms with Gasteiger partial charge < -0.3 is 19.9 Å². The van der Waals surface area contributed by atoms with Crippen molar-refractivity contribution in [3.05, 3.63) is 48.0 Å². The van der Waals surface area contributed by atoms with Crippen molar-refractivity contribution in [1.29, 1.82) is 0 Å². The first-order valence-electron chi connectivity index (χ1n) is 10.1. The van der Waals surface area contributed by atoms with Gasteiger partial charge in [-0.25, -0.2) is 9.18 Å². The number of cyclic esters (lactones) is 1. The van der Waals surface area contributed by atoms with E-state index in [2.05, 4.69) is 21.3 Å². The lowest BCUT2D eigenvalue weighted by atomic mass is 10.2. The molecule has 2 aliphatic heterocycles. The molecule has 3 heterocycles. The quantitative estimate of drug-likeness (QED) is 0.754. The van der Waals surface area contributed by atoms with E-state index in [4.69, 9.17) is 4.74 Å². The number of H-pyrrole nitrogens is 1. The van der Waals surface area contributed by atoms with Gasteiger partial charge in [-0.1, -0.05) is 0 Å². The van der Waals surface area contributed by atoms with E-state index >= 15 is 0 Å². The highest BCUT2D eigenvalue weighted by molar-refractivity contribution is 5.90. The molecule has 1 aromatic carbocycles. The van der Waals surface area contributed by atoms with Crippen LogP contribution in [0.3, 0.4) is 0 Å². The molecule has 2 amide bonds. The number of carbonyl (C=O) groups excluding carboxylic acids is 2. The van der Waals surface area contributed by atoms with Crippen LogP contribution < -0.4 is 15.1 Å². The molecule has 0 spiro atoms. The fraction of sp³-hybridized carbons (Fsp3) is 0.429. The van der Waals surface area contributed by atoms with Gasteiger partial charge in [0.25, 0.3) is 0 Å². The molecule has 8 nitrogen and oxygen atoms in total. The maximum absolute atomic E-state index is 14.9. The van der Waals surface area contributed by atoms with Crippen molar-refractivity contribution in [2.75, 3.05) is 49.1 Å². The van der Waals surface area contributed by atoms with Crippen molar-refractivity contribution in [2.45, 2.75) is 19.6 Å². The Morgan fingerprint density at radius 3 is 2.73 bits per heavy atom. The maximum Gasteiger partial charge on any atom is 0.414 e. The van der Waals surface area contributed by atoms with Crippen LogP contribution in [-0.4, -0.2) is 67.3 Å². The number of benzene rings is 1. The third-order valence-electron chi connectivity index (χ3n) is 5.46. The van der Waals surface area contributed by atoms with Crippen molar-refractivity contribution in [1.82, 2.24) is 15.2 Å². The molecule has 160 valence electrons. The second-order valence-electron chi connectivity index (χ2n) is 7.65. The maximum atomic E-state index is 14.9. The van der Waals surface area contributed by atoms with Crippen molar-refractivity contribution in [2.24, 2.45) is 0 Å². The van der Waals surface area contributed by atoms with E-state index < -0.39 is 12.2 Å². The summed E-state index contributed by atoms with van der Waals surface area (Å²) in [7, 11) is 0. The molecule has 2 saturated heterocycles. The molecule has 1 aromatic heterocycles. The van der Waals surface area contributed by atoms with E-state index in [-0.39, 0.29) is 24.8 Å². The SMILES string of the molecule is CC(=O)NCC1CN(c2ccc(N3CCN(Cc4ccc[nH]4)CC3)c(F)c2)C(=O)O1. The molecule has 2 aliphatic rings. The Hall–Kier alpha value is -3.07. The van der Waals surface area contributed by atoms with Crippen LogP contribution in [-0.2, 0) is 16.1 Å². The molecule has 2 N–H and O–H groups in total. The number of aromatic nitrogens is 1. The lowest BCUT2D eigenvalue weighted by Gasteiger charge is -2.36. The number of halogens is 1. The number of anilines is 2. The summed E-state index contributed by atoms with van der Waals surface area (Å²) in [5, 5.41) is 2.63. The smallest absolute Gasteiger partial charge is 0.414 e. The Morgan fingerprint density at radius 2 is 2.07 bits per heavy atom. The first-order chi connectivity index (χ1) is 14.5. The monoisotopic (exact) mass is 415 g/mol. The summed E-state index contributed by atoms with van der Waals surface area (Å²) in [5.74, 6) is -0.545. The van der Waals surface area contributed by atoms with Crippen LogP contribution in [0.4, 0.5) is 20.6 Å². The third-order valence-corrected chi connectivity index (χ3v) is 5.46. The average Bonchev–Trinajstić information content (AvgIpc) is 3.36. The number of aromatic amines is 1. The van der Waals surface area contributed by atoms with Gasteiger partial charge in [-0.2, -0.15) is 0 Å². The molecule has 0 aliphatic carbocycles. The van der Waals surface area contributed by atoms with Gasteiger partial charge in [0.05, 0.1) is 24.5 Å². The number of nitrogens with zero attached hydrogens (tertiary/aromatic N) is 3. The van der Waals surface area contributed by atoms with Crippen molar-refractivity contribution >= 4 is 23.4 Å². The lowest BCUT2D eigenvalue weighted by molar-refractivity contribution is -0.119. The summed E-state index contributed by atoms with van der Waals surface area (Å²) in [6, 6.07) is 8.89. The van der Waals surface area contributed by atoms with Gasteiger partial charge in [0.15, 0.2) is 0 Å². The zero-order valence-corrected chi connectivity index (χ0v) is 16.9. The second-order valence-corrected chi connectivity index (χ2v) is 7.65. The van der Waals surface area contributed by atoms with Gasteiger partial charge in [-0.05, 0) is 30.3 Å². The topological polar surface area (TPSA) is 80.9 Å². The lowest BCUT2D eigenvalue weighted by Crippen LogP contribution is -2.46. The number of piperazine rings is 1. The summed E-state index contributed by atoms with van der Waals surface area (Å²) in [6.07, 6.45) is 0.938. The van der Waals surface area contributed by atoms with E-state index in [0.29, 0.717) is 11.4 Å². The zero-order chi connectivity index (χ0) is 21.1. The van der Waals surface area contributed by atoms with E-state index in [0.717, 1.165) is 32.7 Å². The summed E-state index contributed by atoms with van der Waals surface area (Å²) >= 11 is 0. The highest BCUT2D eigenvalue weighted by Crippen LogP contribution is 2.28. The molecule has 0 bridgehead atoms. The summed E-state index contributed by atoms with van der Waals surface area (Å²) < 4.78 is 20.1. The third kappa shape index (κ3) is 4.56. The van der Waals surface area contributed by atoms with Crippen molar-refractivity contribution < 1.29 is 18.7 Å². The number of nitrogens with one attached hydrogen (secondary N) is 2. The summed E-state index contributed by atoms with van der Waals surface area (Å²) in [6.45, 7) is 5.96. The molecule has 0 radical (unpaired) electrons. The molecule has 0 saturated carbocycles. The number of carbonyl (C=O) groups is 2. The highest BCUT2D eigenvalue weighted by atomic mass is 19.1. The molecular weight excluding hydrogens is 389 g/mol. The zero-order valence-electron chi connectivity index (χ0n) is 16.9. The predicted molar refractivity (Wildman–Crippen MR) is 111 cm³/mol. The minimum atomic E-state index is -0.532. The van der Waals surface area contributed by atoms with E-state index in [1.807, 2.05) is 17.2 Å². The summed E-state index contributed by atoms with van der Waals surface area (Å²) in [4.78, 5) is 32.2. The number of amides is 2. The molecule has 9 heteroatoms. The van der Waals surface area contributed by atoms with Gasteiger partial charge >= 0.3 is 6.09 Å². The van der Waals surface area contributed by atoms with Crippen molar-refractivity contribution in [3.63, 3.8) is 0 Å². The fourth-order valence-electron chi connectivity index (χ4n) is 3.87. The Balaban J connectivity index is 1.35. The first-order valence-corrected chi connectivity index (χ1v) is 10.1. The number of rotatable bonds is 6. The number of hydrogen-bond donors (Lipinski definition) is 2. The van der Waals surface area contributed by atoms with Gasteiger partial charge in [0, 0.05) is 51.5 Å². The second kappa shape index (κ2) is 8.74. The number of ether oxygens (including phenoxy) is 1. The molecule has 30 heavy (non-hydrogen) atoms. The number of hydrogen-bond acceptors (Lipinski definition) is 5. The van der Waals surface area contributed by atoms with Crippen LogP contribution in [0.5, 0.6) is 0 Å². The standard InChI is InChI=1S/C21H26FN5O3/c1-15(28)24-12-18-14-27(21(29)30-18)17-4-5-20(19(22)11-17)26-9-7-25(8-10-26)13-16-3-2-6-23-16/h2-6,11,18,23H,7-10,12-14H2,1H3,(H,24,28).